The lowest BCUT2D eigenvalue weighted by atomic mass is 9.85. The van der Waals surface area contributed by atoms with E-state index >= 15 is 0 Å². The second-order valence-electron chi connectivity index (χ2n) is 4.91. The third kappa shape index (κ3) is 1.70. The zero-order valence-corrected chi connectivity index (χ0v) is 9.37. The third-order valence-electron chi connectivity index (χ3n) is 2.69. The summed E-state index contributed by atoms with van der Waals surface area (Å²) >= 11 is 0. The van der Waals surface area contributed by atoms with Gasteiger partial charge in [0.15, 0.2) is 5.75 Å². The minimum Gasteiger partial charge on any atom is -0.289 e. The fourth-order valence-electron chi connectivity index (χ4n) is 1.83. The highest BCUT2D eigenvalue weighted by Crippen LogP contribution is 2.36. The molecule has 0 unspecified atom stereocenters. The first-order chi connectivity index (χ1) is 7.00. The van der Waals surface area contributed by atoms with E-state index in [0.29, 0.717) is 0 Å². The Bertz CT molecular complexity index is 492. The summed E-state index contributed by atoms with van der Waals surface area (Å²) < 4.78 is 0. The zero-order chi connectivity index (χ0) is 11.1. The van der Waals surface area contributed by atoms with Crippen molar-refractivity contribution >= 4 is 10.8 Å². The molecule has 1 heteroatoms. The van der Waals surface area contributed by atoms with Gasteiger partial charge in [-0.05, 0) is 10.8 Å². The maximum absolute atomic E-state index is 12.2. The summed E-state index contributed by atoms with van der Waals surface area (Å²) in [6.07, 6.45) is 0. The van der Waals surface area contributed by atoms with E-state index in [0.717, 1.165) is 16.3 Å². The quantitative estimate of drug-likeness (QED) is 0.603. The van der Waals surface area contributed by atoms with Crippen LogP contribution in [0.3, 0.4) is 0 Å². The topological polar surface area (TPSA) is 19.9 Å². The summed E-state index contributed by atoms with van der Waals surface area (Å²) in [4.78, 5) is 0. The summed E-state index contributed by atoms with van der Waals surface area (Å²) in [6.45, 7) is 6.20. The van der Waals surface area contributed by atoms with Crippen molar-refractivity contribution in [3.05, 3.63) is 42.0 Å². The number of benzene rings is 2. The van der Waals surface area contributed by atoms with Gasteiger partial charge in [0.1, 0.15) is 0 Å². The lowest BCUT2D eigenvalue weighted by Gasteiger charge is -2.20. The van der Waals surface area contributed by atoms with Gasteiger partial charge in [0, 0.05) is 10.9 Å². The fraction of sp³-hybridized carbons (Fsp3) is 0.286. The Morgan fingerprint density at radius 1 is 0.933 bits per heavy atom. The van der Waals surface area contributed by atoms with Crippen LogP contribution < -0.4 is 0 Å². The fourth-order valence-corrected chi connectivity index (χ4v) is 1.83. The summed E-state index contributed by atoms with van der Waals surface area (Å²) in [5.41, 5.74) is 0.808. The maximum Gasteiger partial charge on any atom is 0.190 e. The van der Waals surface area contributed by atoms with E-state index in [2.05, 4.69) is 20.8 Å². The predicted octanol–water partition coefficient (Wildman–Crippen LogP) is 4.28. The Hall–Kier alpha value is -1.50. The van der Waals surface area contributed by atoms with Gasteiger partial charge in [0.05, 0.1) is 0 Å². The monoisotopic (exact) mass is 199 g/mol. The zero-order valence-electron chi connectivity index (χ0n) is 9.37. The largest absolute Gasteiger partial charge is 0.289 e. The molecule has 15 heavy (non-hydrogen) atoms. The molecule has 0 atom stereocenters. The van der Waals surface area contributed by atoms with Crippen molar-refractivity contribution in [2.75, 3.05) is 0 Å². The van der Waals surface area contributed by atoms with Gasteiger partial charge in [-0.3, -0.25) is 5.11 Å². The molecule has 0 bridgehead atoms. The van der Waals surface area contributed by atoms with Gasteiger partial charge in [-0.2, -0.15) is 0 Å². The van der Waals surface area contributed by atoms with Crippen molar-refractivity contribution < 1.29 is 5.11 Å². The van der Waals surface area contributed by atoms with Gasteiger partial charge in [0.25, 0.3) is 0 Å². The van der Waals surface area contributed by atoms with Crippen LogP contribution in [0.15, 0.2) is 36.4 Å². The van der Waals surface area contributed by atoms with Crippen LogP contribution in [-0.4, -0.2) is 0 Å². The van der Waals surface area contributed by atoms with Gasteiger partial charge in [-0.1, -0.05) is 57.2 Å². The average Bonchev–Trinajstić information content (AvgIpc) is 2.16. The van der Waals surface area contributed by atoms with Gasteiger partial charge in [-0.15, -0.1) is 0 Å². The summed E-state index contributed by atoms with van der Waals surface area (Å²) in [7, 11) is 0. The molecule has 0 saturated carbocycles. The Kier molecular flexibility index (Phi) is 2.18. The van der Waals surface area contributed by atoms with Gasteiger partial charge in [0.2, 0.25) is 0 Å². The second kappa shape index (κ2) is 3.27. The molecule has 1 nitrogen and oxygen atoms in total. The highest BCUT2D eigenvalue weighted by molar-refractivity contribution is 5.89. The smallest absolute Gasteiger partial charge is 0.190 e. The first-order valence-corrected chi connectivity index (χ1v) is 5.19. The Morgan fingerprint density at radius 2 is 1.60 bits per heavy atom. The van der Waals surface area contributed by atoms with Crippen molar-refractivity contribution in [1.29, 1.82) is 0 Å². The van der Waals surface area contributed by atoms with Gasteiger partial charge >= 0.3 is 0 Å². The number of hydrogen-bond acceptors (Lipinski definition) is 0. The van der Waals surface area contributed by atoms with Gasteiger partial charge in [-0.25, -0.2) is 0 Å². The summed E-state index contributed by atoms with van der Waals surface area (Å²) in [5, 5.41) is 14.0. The van der Waals surface area contributed by atoms with Gasteiger partial charge < -0.3 is 0 Å². The summed E-state index contributed by atoms with van der Waals surface area (Å²) in [5.74, 6) is 0.167. The Morgan fingerprint density at radius 3 is 2.27 bits per heavy atom. The van der Waals surface area contributed by atoms with Crippen LogP contribution >= 0.6 is 0 Å². The molecule has 0 N–H and O–H groups in total. The van der Waals surface area contributed by atoms with E-state index in [9.17, 15) is 5.11 Å². The predicted molar refractivity (Wildman–Crippen MR) is 62.8 cm³/mol. The van der Waals surface area contributed by atoms with E-state index in [-0.39, 0.29) is 11.2 Å². The summed E-state index contributed by atoms with van der Waals surface area (Å²) in [6, 6.07) is 11.7. The van der Waals surface area contributed by atoms with Crippen molar-refractivity contribution in [2.45, 2.75) is 26.2 Å². The highest BCUT2D eigenvalue weighted by Gasteiger charge is 2.20. The SMILES string of the molecule is CC(C)(C)c1ccc2ccccc2c1[O]. The molecule has 0 saturated heterocycles. The van der Waals surface area contributed by atoms with Crippen LogP contribution in [0.2, 0.25) is 0 Å². The average molecular weight is 199 g/mol. The van der Waals surface area contributed by atoms with E-state index in [1.807, 2.05) is 36.4 Å². The van der Waals surface area contributed by atoms with E-state index in [1.165, 1.54) is 0 Å². The van der Waals surface area contributed by atoms with Crippen LogP contribution in [0, 0.1) is 0 Å². The minimum absolute atomic E-state index is 0.0822. The molecule has 0 fully saturated rings. The standard InChI is InChI=1S/C14H15O/c1-14(2,3)12-9-8-10-6-4-5-7-11(10)13(12)15/h4-9H,1-3H3. The first kappa shape index (κ1) is 10.0. The van der Waals surface area contributed by atoms with Crippen molar-refractivity contribution in [3.8, 4) is 5.75 Å². The molecule has 0 aliphatic heterocycles. The molecule has 1 radical (unpaired) electrons. The van der Waals surface area contributed by atoms with Crippen molar-refractivity contribution in [1.82, 2.24) is 0 Å². The molecular formula is C14H15O. The molecule has 0 aromatic heterocycles. The van der Waals surface area contributed by atoms with Crippen LogP contribution in [-0.2, 0) is 10.5 Å². The molecule has 2 rings (SSSR count). The van der Waals surface area contributed by atoms with Crippen molar-refractivity contribution in [2.24, 2.45) is 0 Å². The highest BCUT2D eigenvalue weighted by atomic mass is 16.3. The number of hydrogen-bond donors (Lipinski definition) is 0. The molecule has 0 heterocycles. The first-order valence-electron chi connectivity index (χ1n) is 5.19. The lowest BCUT2D eigenvalue weighted by molar-refractivity contribution is 0.346. The van der Waals surface area contributed by atoms with E-state index in [1.54, 1.807) is 0 Å². The van der Waals surface area contributed by atoms with E-state index in [4.69, 9.17) is 0 Å². The van der Waals surface area contributed by atoms with Crippen molar-refractivity contribution in [3.63, 3.8) is 0 Å². The number of fused-ring (bicyclic) bond motifs is 1. The Labute approximate surface area is 90.4 Å². The second-order valence-corrected chi connectivity index (χ2v) is 4.91. The maximum atomic E-state index is 12.2. The van der Waals surface area contributed by atoms with Crippen LogP contribution in [0.25, 0.3) is 10.8 Å². The molecule has 0 aliphatic carbocycles. The van der Waals surface area contributed by atoms with E-state index < -0.39 is 0 Å². The molecule has 2 aromatic rings. The number of rotatable bonds is 0. The molecule has 77 valence electrons. The van der Waals surface area contributed by atoms with Crippen LogP contribution in [0.5, 0.6) is 5.75 Å². The lowest BCUT2D eigenvalue weighted by Crippen LogP contribution is -2.10. The normalized spacial score (nSPS) is 11.9. The molecule has 2 aromatic carbocycles. The molecular weight excluding hydrogens is 184 g/mol. The van der Waals surface area contributed by atoms with Crippen LogP contribution in [0.1, 0.15) is 26.3 Å². The van der Waals surface area contributed by atoms with Crippen LogP contribution in [0.4, 0.5) is 0 Å². The molecule has 0 aliphatic rings. The minimum atomic E-state index is -0.0822. The molecule has 0 amide bonds. The Balaban J connectivity index is 2.76. The molecule has 0 spiro atoms. The third-order valence-corrected chi connectivity index (χ3v) is 2.69.